The van der Waals surface area contributed by atoms with E-state index in [1.54, 1.807) is 0 Å². The Bertz CT molecular complexity index is 826. The van der Waals surface area contributed by atoms with Crippen molar-refractivity contribution in [2.45, 2.75) is 6.92 Å². The predicted octanol–water partition coefficient (Wildman–Crippen LogP) is 4.57. The molecule has 0 atom stereocenters. The van der Waals surface area contributed by atoms with E-state index in [9.17, 15) is 0 Å². The first-order valence-corrected chi connectivity index (χ1v) is 7.11. The van der Waals surface area contributed by atoms with Crippen molar-refractivity contribution in [1.82, 2.24) is 0 Å². The first-order chi connectivity index (χ1) is 10.1. The van der Waals surface area contributed by atoms with Gasteiger partial charge in [-0.1, -0.05) is 48.6 Å². The van der Waals surface area contributed by atoms with Crippen molar-refractivity contribution in [1.29, 1.82) is 0 Å². The maximum absolute atomic E-state index is 5.99. The molecule has 104 valence electrons. The average molecular weight is 293 g/mol. The summed E-state index contributed by atoms with van der Waals surface area (Å²) in [5.41, 5.74) is 7.62. The van der Waals surface area contributed by atoms with Crippen LogP contribution in [-0.2, 0) is 0 Å². The summed E-state index contributed by atoms with van der Waals surface area (Å²) < 4.78 is 5.99. The lowest BCUT2D eigenvalue weighted by Gasteiger charge is -2.12. The molecule has 2 nitrogen and oxygen atoms in total. The third-order valence-electron chi connectivity index (χ3n) is 3.35. The highest BCUT2D eigenvalue weighted by atomic mass is 32.1. The maximum atomic E-state index is 5.99. The number of rotatable bonds is 3. The minimum absolute atomic E-state index is 0.339. The molecule has 21 heavy (non-hydrogen) atoms. The average Bonchev–Trinajstić information content (AvgIpc) is 2.47. The Labute approximate surface area is 129 Å². The SMILES string of the molecule is Cc1ccc(C(N)=S)c(Oc2ccc3ccccc3c2)c1. The van der Waals surface area contributed by atoms with Gasteiger partial charge in [-0.05, 0) is 47.5 Å². The van der Waals surface area contributed by atoms with Crippen molar-refractivity contribution < 1.29 is 4.74 Å². The van der Waals surface area contributed by atoms with Gasteiger partial charge in [0.05, 0.1) is 5.56 Å². The van der Waals surface area contributed by atoms with E-state index in [0.717, 1.165) is 22.3 Å². The van der Waals surface area contributed by atoms with Crippen molar-refractivity contribution in [2.24, 2.45) is 5.73 Å². The predicted molar refractivity (Wildman–Crippen MR) is 91.1 cm³/mol. The Morgan fingerprint density at radius 1 is 0.952 bits per heavy atom. The molecule has 0 amide bonds. The van der Waals surface area contributed by atoms with E-state index in [1.807, 2.05) is 55.5 Å². The van der Waals surface area contributed by atoms with Crippen molar-refractivity contribution in [3.63, 3.8) is 0 Å². The van der Waals surface area contributed by atoms with Gasteiger partial charge in [0.1, 0.15) is 16.5 Å². The van der Waals surface area contributed by atoms with E-state index < -0.39 is 0 Å². The van der Waals surface area contributed by atoms with Crippen LogP contribution in [0.3, 0.4) is 0 Å². The molecule has 0 unspecified atom stereocenters. The first-order valence-electron chi connectivity index (χ1n) is 6.70. The molecular weight excluding hydrogens is 278 g/mol. The van der Waals surface area contributed by atoms with Crippen molar-refractivity contribution >= 4 is 28.0 Å². The summed E-state index contributed by atoms with van der Waals surface area (Å²) in [6.45, 7) is 2.01. The van der Waals surface area contributed by atoms with Crippen LogP contribution in [0.5, 0.6) is 11.5 Å². The molecule has 0 aliphatic rings. The topological polar surface area (TPSA) is 35.2 Å². The molecule has 0 spiro atoms. The van der Waals surface area contributed by atoms with Gasteiger partial charge in [-0.15, -0.1) is 0 Å². The van der Waals surface area contributed by atoms with Gasteiger partial charge in [0, 0.05) is 0 Å². The van der Waals surface area contributed by atoms with Gasteiger partial charge >= 0.3 is 0 Å². The van der Waals surface area contributed by atoms with E-state index in [4.69, 9.17) is 22.7 Å². The van der Waals surface area contributed by atoms with Crippen LogP contribution in [0.4, 0.5) is 0 Å². The summed E-state index contributed by atoms with van der Waals surface area (Å²) in [5.74, 6) is 1.47. The second kappa shape index (κ2) is 5.54. The molecule has 0 fully saturated rings. The molecule has 3 aromatic carbocycles. The number of thiocarbonyl (C=S) groups is 1. The summed E-state index contributed by atoms with van der Waals surface area (Å²) in [6.07, 6.45) is 0. The van der Waals surface area contributed by atoms with E-state index in [2.05, 4.69) is 12.1 Å². The van der Waals surface area contributed by atoms with E-state index in [-0.39, 0.29) is 0 Å². The molecule has 0 saturated carbocycles. The van der Waals surface area contributed by atoms with Crippen LogP contribution < -0.4 is 10.5 Å². The Morgan fingerprint density at radius 3 is 2.48 bits per heavy atom. The fourth-order valence-electron chi connectivity index (χ4n) is 2.28. The zero-order valence-electron chi connectivity index (χ0n) is 11.7. The summed E-state index contributed by atoms with van der Waals surface area (Å²) in [6, 6.07) is 20.0. The zero-order valence-corrected chi connectivity index (χ0v) is 12.5. The van der Waals surface area contributed by atoms with Crippen molar-refractivity contribution in [3.05, 3.63) is 71.8 Å². The molecule has 0 saturated heterocycles. The minimum Gasteiger partial charge on any atom is -0.457 e. The smallest absolute Gasteiger partial charge is 0.137 e. The lowest BCUT2D eigenvalue weighted by Crippen LogP contribution is -2.10. The Morgan fingerprint density at radius 2 is 1.71 bits per heavy atom. The van der Waals surface area contributed by atoms with Gasteiger partial charge in [-0.25, -0.2) is 0 Å². The van der Waals surface area contributed by atoms with Gasteiger partial charge in [-0.3, -0.25) is 0 Å². The number of nitrogens with two attached hydrogens (primary N) is 1. The monoisotopic (exact) mass is 293 g/mol. The molecule has 0 aromatic heterocycles. The molecule has 0 bridgehead atoms. The van der Waals surface area contributed by atoms with Crippen LogP contribution in [-0.4, -0.2) is 4.99 Å². The minimum atomic E-state index is 0.339. The summed E-state index contributed by atoms with van der Waals surface area (Å²) >= 11 is 5.08. The van der Waals surface area contributed by atoms with E-state index in [1.165, 1.54) is 5.39 Å². The second-order valence-corrected chi connectivity index (χ2v) is 5.41. The molecule has 3 rings (SSSR count). The van der Waals surface area contributed by atoms with Gasteiger partial charge in [0.25, 0.3) is 0 Å². The summed E-state index contributed by atoms with van der Waals surface area (Å²) in [5, 5.41) is 2.32. The lowest BCUT2D eigenvalue weighted by molar-refractivity contribution is 0.482. The molecule has 0 aliphatic carbocycles. The van der Waals surface area contributed by atoms with Crippen LogP contribution in [0.25, 0.3) is 10.8 Å². The second-order valence-electron chi connectivity index (χ2n) is 4.97. The lowest BCUT2D eigenvalue weighted by atomic mass is 10.1. The molecule has 0 aliphatic heterocycles. The number of hydrogen-bond acceptors (Lipinski definition) is 2. The third kappa shape index (κ3) is 2.88. The van der Waals surface area contributed by atoms with Crippen LogP contribution in [0.2, 0.25) is 0 Å². The van der Waals surface area contributed by atoms with Crippen LogP contribution in [0.1, 0.15) is 11.1 Å². The first kappa shape index (κ1) is 13.6. The molecule has 3 aromatic rings. The van der Waals surface area contributed by atoms with E-state index >= 15 is 0 Å². The molecular formula is C18H15NOS. The highest BCUT2D eigenvalue weighted by molar-refractivity contribution is 7.80. The fourth-order valence-corrected chi connectivity index (χ4v) is 2.44. The quantitative estimate of drug-likeness (QED) is 0.718. The number of fused-ring (bicyclic) bond motifs is 1. The highest BCUT2D eigenvalue weighted by Crippen LogP contribution is 2.29. The van der Waals surface area contributed by atoms with Crippen LogP contribution >= 0.6 is 12.2 Å². The normalized spacial score (nSPS) is 10.5. The Kier molecular flexibility index (Phi) is 3.59. The van der Waals surface area contributed by atoms with Crippen molar-refractivity contribution in [3.8, 4) is 11.5 Å². The van der Waals surface area contributed by atoms with Crippen molar-refractivity contribution in [2.75, 3.05) is 0 Å². The largest absolute Gasteiger partial charge is 0.457 e. The molecule has 2 N–H and O–H groups in total. The molecule has 3 heteroatoms. The van der Waals surface area contributed by atoms with Gasteiger partial charge < -0.3 is 10.5 Å². The Hall–Kier alpha value is -2.39. The maximum Gasteiger partial charge on any atom is 0.137 e. The third-order valence-corrected chi connectivity index (χ3v) is 3.57. The number of ether oxygens (including phenoxy) is 1. The number of aryl methyl sites for hydroxylation is 1. The van der Waals surface area contributed by atoms with Gasteiger partial charge in [-0.2, -0.15) is 0 Å². The summed E-state index contributed by atoms with van der Waals surface area (Å²) in [4.78, 5) is 0.339. The molecule has 0 radical (unpaired) electrons. The molecule has 0 heterocycles. The Balaban J connectivity index is 2.02. The van der Waals surface area contributed by atoms with Crippen LogP contribution in [0, 0.1) is 6.92 Å². The fraction of sp³-hybridized carbons (Fsp3) is 0.0556. The number of benzene rings is 3. The van der Waals surface area contributed by atoms with Gasteiger partial charge in [0.2, 0.25) is 0 Å². The zero-order chi connectivity index (χ0) is 14.8. The highest BCUT2D eigenvalue weighted by Gasteiger charge is 2.08. The standard InChI is InChI=1S/C18H15NOS/c1-12-6-9-16(18(19)21)17(10-12)20-15-8-7-13-4-2-3-5-14(13)11-15/h2-11H,1H3,(H2,19,21). The van der Waals surface area contributed by atoms with Crippen LogP contribution in [0.15, 0.2) is 60.7 Å². The summed E-state index contributed by atoms with van der Waals surface area (Å²) in [7, 11) is 0. The number of hydrogen-bond donors (Lipinski definition) is 1. The van der Waals surface area contributed by atoms with E-state index in [0.29, 0.717) is 10.7 Å². The van der Waals surface area contributed by atoms with Gasteiger partial charge in [0.15, 0.2) is 0 Å².